The predicted octanol–water partition coefficient (Wildman–Crippen LogP) is 1.92. The molecule has 34 heavy (non-hydrogen) atoms. The van der Waals surface area contributed by atoms with E-state index in [-0.39, 0.29) is 28.6 Å². The number of ether oxygens (including phenoxy) is 3. The molecule has 0 aromatic carbocycles. The molecule has 0 aliphatic carbocycles. The summed E-state index contributed by atoms with van der Waals surface area (Å²) in [7, 11) is 1.63. The van der Waals surface area contributed by atoms with E-state index >= 15 is 0 Å². The highest BCUT2D eigenvalue weighted by atomic mass is 16.5. The van der Waals surface area contributed by atoms with Crippen LogP contribution in [0.15, 0.2) is 0 Å². The van der Waals surface area contributed by atoms with Crippen LogP contribution in [0.25, 0.3) is 0 Å². The van der Waals surface area contributed by atoms with Gasteiger partial charge in [0.25, 0.3) is 11.8 Å². The van der Waals surface area contributed by atoms with Gasteiger partial charge in [-0.15, -0.1) is 0 Å². The molecule has 11 nitrogen and oxygen atoms in total. The zero-order valence-electron chi connectivity index (χ0n) is 21.8. The van der Waals surface area contributed by atoms with Crippen LogP contribution >= 0.6 is 0 Å². The lowest BCUT2D eigenvalue weighted by atomic mass is 10.0. The Hall–Kier alpha value is -2.50. The van der Waals surface area contributed by atoms with Crippen LogP contribution in [-0.2, 0) is 14.2 Å². The van der Waals surface area contributed by atoms with Crippen molar-refractivity contribution in [1.82, 2.24) is 20.6 Å². The van der Waals surface area contributed by atoms with Crippen LogP contribution in [0.1, 0.15) is 82.3 Å². The molecule has 0 aliphatic rings. The molecule has 2 amide bonds. The van der Waals surface area contributed by atoms with Gasteiger partial charge >= 0.3 is 0 Å². The van der Waals surface area contributed by atoms with Gasteiger partial charge in [-0.3, -0.25) is 9.59 Å². The minimum atomic E-state index is -0.532. The molecule has 0 unspecified atom stereocenters. The first kappa shape index (κ1) is 29.5. The quantitative estimate of drug-likeness (QED) is 0.310. The van der Waals surface area contributed by atoms with E-state index in [1.807, 2.05) is 48.5 Å². The molecule has 6 N–H and O–H groups in total. The van der Waals surface area contributed by atoms with Crippen LogP contribution in [0, 0.1) is 0 Å². The van der Waals surface area contributed by atoms with E-state index in [1.54, 1.807) is 7.11 Å². The zero-order valence-corrected chi connectivity index (χ0v) is 21.8. The third kappa shape index (κ3) is 9.78. The van der Waals surface area contributed by atoms with Crippen LogP contribution in [0.3, 0.4) is 0 Å². The number of amides is 2. The molecular weight excluding hydrogens is 440 g/mol. The fraction of sp³-hybridized carbons (Fsp3) is 0.739. The molecule has 1 rings (SSSR count). The van der Waals surface area contributed by atoms with Crippen LogP contribution in [0.4, 0.5) is 11.6 Å². The van der Waals surface area contributed by atoms with E-state index in [0.717, 1.165) is 0 Å². The van der Waals surface area contributed by atoms with Crippen LogP contribution in [0.2, 0.25) is 0 Å². The number of methoxy groups -OCH3 is 1. The van der Waals surface area contributed by atoms with Gasteiger partial charge in [-0.25, -0.2) is 9.97 Å². The van der Waals surface area contributed by atoms with Crippen molar-refractivity contribution in [3.8, 4) is 0 Å². The van der Waals surface area contributed by atoms with Crippen molar-refractivity contribution in [2.24, 2.45) is 0 Å². The maximum Gasteiger partial charge on any atom is 0.273 e. The van der Waals surface area contributed by atoms with E-state index in [2.05, 4.69) is 20.6 Å². The molecule has 11 heteroatoms. The third-order valence-corrected chi connectivity index (χ3v) is 5.30. The first-order valence-electron chi connectivity index (χ1n) is 11.5. The molecule has 0 aliphatic heterocycles. The third-order valence-electron chi connectivity index (χ3n) is 5.30. The SMILES string of the molecule is CCOC(C)(C)CCNC(=O)c1nc(N)c(C(=O)NCCC(C)(C)OCC(C)(C)OC)nc1N. The molecule has 0 fully saturated rings. The van der Waals surface area contributed by atoms with Gasteiger partial charge in [0.2, 0.25) is 0 Å². The standard InChI is InChI=1S/C23H42N6O5/c1-9-33-21(2,3)10-12-26-19(30)15-17(24)29-16(18(25)28-15)20(31)27-13-11-22(4,5)34-14-23(6,7)32-8/h9-14H2,1-8H3,(H2,24,29)(H2,25,28)(H,26,30)(H,27,31). The number of rotatable bonds is 14. The number of hydrogen-bond acceptors (Lipinski definition) is 9. The molecule has 0 atom stereocenters. The number of nitrogens with zero attached hydrogens (tertiary/aromatic N) is 2. The summed E-state index contributed by atoms with van der Waals surface area (Å²) < 4.78 is 16.9. The van der Waals surface area contributed by atoms with Gasteiger partial charge in [0, 0.05) is 26.8 Å². The highest BCUT2D eigenvalue weighted by molar-refractivity contribution is 6.00. The number of nitrogens with one attached hydrogen (secondary N) is 2. The van der Waals surface area contributed by atoms with E-state index < -0.39 is 23.0 Å². The molecule has 0 saturated heterocycles. The van der Waals surface area contributed by atoms with Crippen LogP contribution < -0.4 is 22.1 Å². The highest BCUT2D eigenvalue weighted by Gasteiger charge is 2.26. The van der Waals surface area contributed by atoms with Gasteiger partial charge in [-0.1, -0.05) is 0 Å². The average molecular weight is 483 g/mol. The minimum absolute atomic E-state index is 0.126. The lowest BCUT2D eigenvalue weighted by molar-refractivity contribution is -0.108. The normalized spacial score (nSPS) is 12.5. The lowest BCUT2D eigenvalue weighted by Crippen LogP contribution is -2.38. The minimum Gasteiger partial charge on any atom is -0.382 e. The molecular formula is C23H42N6O5. The number of anilines is 2. The van der Waals surface area contributed by atoms with Gasteiger partial charge in [0.15, 0.2) is 23.0 Å². The molecule has 1 aromatic heterocycles. The maximum atomic E-state index is 12.6. The number of carbonyl (C=O) groups is 2. The van der Waals surface area contributed by atoms with E-state index in [9.17, 15) is 9.59 Å². The maximum absolute atomic E-state index is 12.6. The Kier molecular flexibility index (Phi) is 10.7. The molecule has 0 spiro atoms. The molecule has 1 heterocycles. The van der Waals surface area contributed by atoms with Crippen molar-refractivity contribution in [2.45, 2.75) is 78.1 Å². The van der Waals surface area contributed by atoms with Crippen molar-refractivity contribution in [3.63, 3.8) is 0 Å². The average Bonchev–Trinajstić information content (AvgIpc) is 2.73. The Labute approximate surface area is 202 Å². The van der Waals surface area contributed by atoms with Crippen molar-refractivity contribution in [3.05, 3.63) is 11.4 Å². The molecule has 0 radical (unpaired) electrons. The summed E-state index contributed by atoms with van der Waals surface area (Å²) in [5.74, 6) is -1.40. The van der Waals surface area contributed by atoms with Gasteiger partial charge in [-0.2, -0.15) is 0 Å². The summed E-state index contributed by atoms with van der Waals surface area (Å²) in [5.41, 5.74) is 10.3. The second-order valence-corrected chi connectivity index (χ2v) is 9.91. The number of carbonyl (C=O) groups excluding carboxylic acids is 2. The Morgan fingerprint density at radius 1 is 0.794 bits per heavy atom. The van der Waals surface area contributed by atoms with Gasteiger partial charge < -0.3 is 36.3 Å². The number of aromatic nitrogens is 2. The fourth-order valence-electron chi connectivity index (χ4n) is 2.88. The zero-order chi connectivity index (χ0) is 26.2. The Morgan fingerprint density at radius 3 is 1.59 bits per heavy atom. The van der Waals surface area contributed by atoms with Crippen LogP contribution in [0.5, 0.6) is 0 Å². The van der Waals surface area contributed by atoms with Crippen molar-refractivity contribution in [1.29, 1.82) is 0 Å². The first-order chi connectivity index (χ1) is 15.6. The Morgan fingerprint density at radius 2 is 1.21 bits per heavy atom. The molecule has 194 valence electrons. The highest BCUT2D eigenvalue weighted by Crippen LogP contribution is 2.19. The topological polar surface area (TPSA) is 164 Å². The summed E-state index contributed by atoms with van der Waals surface area (Å²) in [4.78, 5) is 33.1. The second-order valence-electron chi connectivity index (χ2n) is 9.91. The second kappa shape index (κ2) is 12.3. The van der Waals surface area contributed by atoms with E-state index in [4.69, 9.17) is 25.7 Å². The summed E-state index contributed by atoms with van der Waals surface area (Å²) in [6.45, 7) is 15.2. The van der Waals surface area contributed by atoms with Crippen molar-refractivity contribution < 1.29 is 23.8 Å². The molecule has 0 saturated carbocycles. The summed E-state index contributed by atoms with van der Waals surface area (Å²) in [6.07, 6.45) is 1.14. The Balaban J connectivity index is 2.68. The fourth-order valence-corrected chi connectivity index (χ4v) is 2.88. The molecule has 1 aromatic rings. The molecule has 0 bridgehead atoms. The monoisotopic (exact) mass is 482 g/mol. The van der Waals surface area contributed by atoms with Gasteiger partial charge in [0.1, 0.15) is 0 Å². The van der Waals surface area contributed by atoms with E-state index in [1.165, 1.54) is 0 Å². The lowest BCUT2D eigenvalue weighted by Gasteiger charge is -2.31. The summed E-state index contributed by atoms with van der Waals surface area (Å²) >= 11 is 0. The van der Waals surface area contributed by atoms with Crippen molar-refractivity contribution in [2.75, 3.05) is 44.9 Å². The smallest absolute Gasteiger partial charge is 0.273 e. The number of nitrogens with two attached hydrogens (primary N) is 2. The van der Waals surface area contributed by atoms with Crippen molar-refractivity contribution >= 4 is 23.5 Å². The van der Waals surface area contributed by atoms with Gasteiger partial charge in [-0.05, 0) is 61.3 Å². The summed E-state index contributed by atoms with van der Waals surface area (Å²) in [5, 5.41) is 5.47. The first-order valence-corrected chi connectivity index (χ1v) is 11.5. The van der Waals surface area contributed by atoms with Crippen LogP contribution in [-0.4, -0.2) is 72.0 Å². The largest absolute Gasteiger partial charge is 0.382 e. The van der Waals surface area contributed by atoms with E-state index in [0.29, 0.717) is 39.1 Å². The predicted molar refractivity (Wildman–Crippen MR) is 132 cm³/mol. The van der Waals surface area contributed by atoms with Gasteiger partial charge in [0.05, 0.1) is 23.4 Å². The number of nitrogen functional groups attached to an aromatic ring is 2. The summed E-state index contributed by atoms with van der Waals surface area (Å²) in [6, 6.07) is 0. The Bertz CT molecular complexity index is 841. The number of hydrogen-bond donors (Lipinski definition) is 4.